The SMILES string of the molecule is Cc1ccc(OC2(C(=O)NC(C)Cc3cc(C)[nH]n3)CCNCC2)cc1. The van der Waals surface area contributed by atoms with E-state index in [2.05, 4.69) is 20.8 Å². The quantitative estimate of drug-likeness (QED) is 0.742. The van der Waals surface area contributed by atoms with Gasteiger partial charge in [0, 0.05) is 31.0 Å². The molecule has 0 saturated carbocycles. The Balaban J connectivity index is 1.69. The Kier molecular flexibility index (Phi) is 5.61. The van der Waals surface area contributed by atoms with E-state index in [1.54, 1.807) is 0 Å². The number of rotatable bonds is 6. The third-order valence-electron chi connectivity index (χ3n) is 4.81. The molecule has 3 N–H and O–H groups in total. The average molecular weight is 356 g/mol. The normalized spacial score (nSPS) is 17.5. The van der Waals surface area contributed by atoms with Gasteiger partial charge >= 0.3 is 0 Å². The van der Waals surface area contributed by atoms with Crippen molar-refractivity contribution in [3.05, 3.63) is 47.3 Å². The van der Waals surface area contributed by atoms with Crippen molar-refractivity contribution < 1.29 is 9.53 Å². The molecule has 0 bridgehead atoms. The van der Waals surface area contributed by atoms with Crippen LogP contribution in [0.2, 0.25) is 0 Å². The van der Waals surface area contributed by atoms with Gasteiger partial charge in [0.1, 0.15) is 5.75 Å². The lowest BCUT2D eigenvalue weighted by Crippen LogP contribution is -2.58. The number of hydrogen-bond donors (Lipinski definition) is 3. The molecule has 2 heterocycles. The molecule has 1 aromatic heterocycles. The van der Waals surface area contributed by atoms with E-state index in [9.17, 15) is 4.79 Å². The van der Waals surface area contributed by atoms with Crippen LogP contribution in [0, 0.1) is 13.8 Å². The summed E-state index contributed by atoms with van der Waals surface area (Å²) < 4.78 is 6.24. The molecule has 6 nitrogen and oxygen atoms in total. The summed E-state index contributed by atoms with van der Waals surface area (Å²) in [5.41, 5.74) is 2.32. The number of nitrogens with zero attached hydrogens (tertiary/aromatic N) is 1. The maximum absolute atomic E-state index is 13.1. The minimum absolute atomic E-state index is 0.0152. The highest BCUT2D eigenvalue weighted by Crippen LogP contribution is 2.27. The zero-order valence-corrected chi connectivity index (χ0v) is 15.8. The Morgan fingerprint density at radius 3 is 2.58 bits per heavy atom. The zero-order valence-electron chi connectivity index (χ0n) is 15.8. The third-order valence-corrected chi connectivity index (χ3v) is 4.81. The van der Waals surface area contributed by atoms with Crippen molar-refractivity contribution in [3.63, 3.8) is 0 Å². The van der Waals surface area contributed by atoms with Crippen molar-refractivity contribution >= 4 is 5.91 Å². The summed E-state index contributed by atoms with van der Waals surface area (Å²) in [6.07, 6.45) is 2.00. The number of benzene rings is 1. The Labute approximate surface area is 154 Å². The number of piperidine rings is 1. The Morgan fingerprint density at radius 2 is 1.96 bits per heavy atom. The van der Waals surface area contributed by atoms with Crippen LogP contribution in [0.15, 0.2) is 30.3 Å². The summed E-state index contributed by atoms with van der Waals surface area (Å²) >= 11 is 0. The van der Waals surface area contributed by atoms with Crippen LogP contribution >= 0.6 is 0 Å². The highest BCUT2D eigenvalue weighted by atomic mass is 16.5. The summed E-state index contributed by atoms with van der Waals surface area (Å²) in [6, 6.07) is 9.87. The summed E-state index contributed by atoms with van der Waals surface area (Å²) in [6.45, 7) is 7.55. The largest absolute Gasteiger partial charge is 0.477 e. The summed E-state index contributed by atoms with van der Waals surface area (Å²) in [7, 11) is 0. The number of carbonyl (C=O) groups is 1. The van der Waals surface area contributed by atoms with E-state index in [0.29, 0.717) is 19.3 Å². The molecule has 1 unspecified atom stereocenters. The van der Waals surface area contributed by atoms with Crippen LogP contribution in [-0.4, -0.2) is 40.8 Å². The fourth-order valence-corrected chi connectivity index (χ4v) is 3.34. The van der Waals surface area contributed by atoms with Gasteiger partial charge in [-0.25, -0.2) is 0 Å². The first-order valence-electron chi connectivity index (χ1n) is 9.25. The van der Waals surface area contributed by atoms with Crippen molar-refractivity contribution in [2.24, 2.45) is 0 Å². The lowest BCUT2D eigenvalue weighted by molar-refractivity contribution is -0.139. The topological polar surface area (TPSA) is 79.0 Å². The van der Waals surface area contributed by atoms with E-state index >= 15 is 0 Å². The van der Waals surface area contributed by atoms with Crippen LogP contribution in [0.1, 0.15) is 36.7 Å². The molecule has 2 aromatic rings. The molecule has 3 rings (SSSR count). The lowest BCUT2D eigenvalue weighted by Gasteiger charge is -2.37. The molecule has 6 heteroatoms. The maximum atomic E-state index is 13.1. The molecule has 1 atom stereocenters. The van der Waals surface area contributed by atoms with Gasteiger partial charge in [-0.05, 0) is 52.1 Å². The van der Waals surface area contributed by atoms with Gasteiger partial charge in [-0.2, -0.15) is 5.10 Å². The van der Waals surface area contributed by atoms with Gasteiger partial charge in [-0.1, -0.05) is 17.7 Å². The van der Waals surface area contributed by atoms with Gasteiger partial charge in [-0.15, -0.1) is 0 Å². The van der Waals surface area contributed by atoms with Crippen LogP contribution in [0.4, 0.5) is 0 Å². The van der Waals surface area contributed by atoms with E-state index in [-0.39, 0.29) is 11.9 Å². The number of aromatic amines is 1. The second-order valence-corrected chi connectivity index (χ2v) is 7.28. The smallest absolute Gasteiger partial charge is 0.264 e. The summed E-state index contributed by atoms with van der Waals surface area (Å²) in [5.74, 6) is 0.697. The lowest BCUT2D eigenvalue weighted by atomic mass is 9.90. The molecule has 0 aliphatic carbocycles. The highest BCUT2D eigenvalue weighted by molar-refractivity contribution is 5.86. The molecule has 0 spiro atoms. The minimum atomic E-state index is -0.823. The maximum Gasteiger partial charge on any atom is 0.264 e. The second kappa shape index (κ2) is 7.91. The van der Waals surface area contributed by atoms with Crippen LogP contribution in [0.25, 0.3) is 0 Å². The van der Waals surface area contributed by atoms with E-state index in [4.69, 9.17) is 4.74 Å². The van der Waals surface area contributed by atoms with Gasteiger partial charge in [0.05, 0.1) is 5.69 Å². The van der Waals surface area contributed by atoms with Crippen molar-refractivity contribution in [1.82, 2.24) is 20.8 Å². The van der Waals surface area contributed by atoms with Gasteiger partial charge in [0.2, 0.25) is 0 Å². The number of aryl methyl sites for hydroxylation is 2. The number of ether oxygens (including phenoxy) is 1. The summed E-state index contributed by atoms with van der Waals surface area (Å²) in [4.78, 5) is 13.1. The number of carbonyl (C=O) groups excluding carboxylic acids is 1. The number of nitrogens with one attached hydrogen (secondary N) is 3. The predicted octanol–water partition coefficient (Wildman–Crippen LogP) is 2.27. The van der Waals surface area contributed by atoms with E-state index in [1.165, 1.54) is 5.56 Å². The molecule has 1 aliphatic heterocycles. The van der Waals surface area contributed by atoms with E-state index in [0.717, 1.165) is 30.2 Å². The molecule has 1 amide bonds. The number of amides is 1. The molecule has 140 valence electrons. The monoisotopic (exact) mass is 356 g/mol. The number of H-pyrrole nitrogens is 1. The van der Waals surface area contributed by atoms with E-state index in [1.807, 2.05) is 51.1 Å². The van der Waals surface area contributed by atoms with Crippen LogP contribution in [0.3, 0.4) is 0 Å². The first-order chi connectivity index (χ1) is 12.5. The fraction of sp³-hybridized carbons (Fsp3) is 0.500. The molecule has 26 heavy (non-hydrogen) atoms. The van der Waals surface area contributed by atoms with Crippen LogP contribution in [0.5, 0.6) is 5.75 Å². The first-order valence-corrected chi connectivity index (χ1v) is 9.25. The molecule has 0 radical (unpaired) electrons. The predicted molar refractivity (Wildman–Crippen MR) is 101 cm³/mol. The second-order valence-electron chi connectivity index (χ2n) is 7.28. The third kappa shape index (κ3) is 4.43. The highest BCUT2D eigenvalue weighted by Gasteiger charge is 2.42. The zero-order chi connectivity index (χ0) is 18.6. The molecule has 1 fully saturated rings. The van der Waals surface area contributed by atoms with Gasteiger partial charge in [0.25, 0.3) is 5.91 Å². The molecule has 1 saturated heterocycles. The van der Waals surface area contributed by atoms with Crippen molar-refractivity contribution in [2.75, 3.05) is 13.1 Å². The van der Waals surface area contributed by atoms with E-state index < -0.39 is 5.60 Å². The number of aromatic nitrogens is 2. The first kappa shape index (κ1) is 18.5. The van der Waals surface area contributed by atoms with Crippen molar-refractivity contribution in [2.45, 2.75) is 51.7 Å². The Morgan fingerprint density at radius 1 is 1.27 bits per heavy atom. The molecular weight excluding hydrogens is 328 g/mol. The van der Waals surface area contributed by atoms with Crippen molar-refractivity contribution in [3.8, 4) is 5.75 Å². The fourth-order valence-electron chi connectivity index (χ4n) is 3.34. The standard InChI is InChI=1S/C20H28N4O2/c1-14-4-6-18(7-5-14)26-20(8-10-21-11-9-20)19(25)22-15(2)12-17-13-16(3)23-24-17/h4-7,13,15,21H,8-12H2,1-3H3,(H,22,25)(H,23,24). The molecular formula is C20H28N4O2. The van der Waals surface area contributed by atoms with Crippen LogP contribution < -0.4 is 15.4 Å². The minimum Gasteiger partial charge on any atom is -0.477 e. The van der Waals surface area contributed by atoms with Crippen LogP contribution in [-0.2, 0) is 11.2 Å². The summed E-state index contributed by atoms with van der Waals surface area (Å²) in [5, 5.41) is 13.6. The Bertz CT molecular complexity index is 733. The molecule has 1 aromatic carbocycles. The number of hydrogen-bond acceptors (Lipinski definition) is 4. The Hall–Kier alpha value is -2.34. The van der Waals surface area contributed by atoms with Gasteiger partial charge < -0.3 is 15.4 Å². The van der Waals surface area contributed by atoms with Gasteiger partial charge in [0.15, 0.2) is 5.60 Å². The molecule has 1 aliphatic rings. The van der Waals surface area contributed by atoms with Gasteiger partial charge in [-0.3, -0.25) is 9.89 Å². The average Bonchev–Trinajstić information content (AvgIpc) is 3.02. The van der Waals surface area contributed by atoms with Crippen molar-refractivity contribution in [1.29, 1.82) is 0 Å².